The van der Waals surface area contributed by atoms with E-state index in [1.165, 1.54) is 6.07 Å². The Balaban J connectivity index is 1.86. The van der Waals surface area contributed by atoms with Gasteiger partial charge in [-0.05, 0) is 43.5 Å². The van der Waals surface area contributed by atoms with Gasteiger partial charge in [0.05, 0.1) is 35.1 Å². The predicted molar refractivity (Wildman–Crippen MR) is 115 cm³/mol. The number of carbonyl (C=O) groups is 1. The lowest BCUT2D eigenvalue weighted by molar-refractivity contribution is -0.172. The first-order chi connectivity index (χ1) is 15.2. The topological polar surface area (TPSA) is 90.7 Å². The number of carbonyl (C=O) groups excluding carboxylic acids is 1. The molecule has 0 aliphatic carbocycles. The van der Waals surface area contributed by atoms with E-state index < -0.39 is 11.6 Å². The van der Waals surface area contributed by atoms with Gasteiger partial charge < -0.3 is 19.1 Å². The van der Waals surface area contributed by atoms with Crippen molar-refractivity contribution in [1.29, 1.82) is 0 Å². The van der Waals surface area contributed by atoms with Crippen molar-refractivity contribution < 1.29 is 23.8 Å². The molecule has 0 bridgehead atoms. The van der Waals surface area contributed by atoms with E-state index in [0.29, 0.717) is 22.5 Å². The normalized spacial score (nSPS) is 20.0. The number of hydrogen-bond acceptors (Lipinski definition) is 6. The van der Waals surface area contributed by atoms with Crippen molar-refractivity contribution in [2.45, 2.75) is 52.0 Å². The summed E-state index contributed by atoms with van der Waals surface area (Å²) in [5.74, 6) is -1.14. The average molecular weight is 438 g/mol. The lowest BCUT2D eigenvalue weighted by Crippen LogP contribution is -2.44. The molecule has 2 atom stereocenters. The van der Waals surface area contributed by atoms with Crippen LogP contribution in [0.2, 0.25) is 0 Å². The van der Waals surface area contributed by atoms with Gasteiger partial charge in [-0.15, -0.1) is 0 Å². The largest absolute Gasteiger partial charge is 0.458 e. The highest BCUT2D eigenvalue weighted by Gasteiger charge is 2.45. The summed E-state index contributed by atoms with van der Waals surface area (Å²) in [4.78, 5) is 30.4. The third-order valence-electron chi connectivity index (χ3n) is 6.77. The molecule has 0 fully saturated rings. The zero-order chi connectivity index (χ0) is 22.9. The Morgan fingerprint density at radius 3 is 2.75 bits per heavy atom. The molecule has 1 N–H and O–H groups in total. The smallest absolute Gasteiger partial charge is 0.343 e. The second-order valence-corrected chi connectivity index (χ2v) is 8.45. The summed E-state index contributed by atoms with van der Waals surface area (Å²) >= 11 is 0. The van der Waals surface area contributed by atoms with Crippen LogP contribution in [0.4, 0.5) is 4.39 Å². The van der Waals surface area contributed by atoms with Crippen molar-refractivity contribution in [2.24, 2.45) is 0 Å². The molecule has 3 aromatic rings. The molecule has 2 aromatic heterocycles. The number of ether oxygens (including phenoxy) is 2. The summed E-state index contributed by atoms with van der Waals surface area (Å²) in [6, 6.07) is 4.79. The van der Waals surface area contributed by atoms with Crippen molar-refractivity contribution in [3.8, 4) is 11.4 Å². The number of hydrogen-bond donors (Lipinski definition) is 1. The molecular weight excluding hydrogens is 415 g/mol. The number of nitrogens with zero attached hydrogens (tertiary/aromatic N) is 2. The van der Waals surface area contributed by atoms with Gasteiger partial charge in [-0.3, -0.25) is 4.79 Å². The van der Waals surface area contributed by atoms with Gasteiger partial charge in [-0.1, -0.05) is 6.92 Å². The van der Waals surface area contributed by atoms with Gasteiger partial charge in [-0.25, -0.2) is 14.2 Å². The van der Waals surface area contributed by atoms with Crippen molar-refractivity contribution in [3.63, 3.8) is 0 Å². The highest BCUT2D eigenvalue weighted by molar-refractivity contribution is 5.90. The van der Waals surface area contributed by atoms with E-state index in [1.807, 2.05) is 6.92 Å². The van der Waals surface area contributed by atoms with E-state index in [2.05, 4.69) is 0 Å². The van der Waals surface area contributed by atoms with Crippen LogP contribution in [0, 0.1) is 12.7 Å². The number of halogens is 1. The molecule has 166 valence electrons. The number of methoxy groups -OCH3 is 1. The Morgan fingerprint density at radius 1 is 1.31 bits per heavy atom. The summed E-state index contributed by atoms with van der Waals surface area (Å²) in [6.45, 7) is 5.32. The fourth-order valence-corrected chi connectivity index (χ4v) is 4.82. The first kappa shape index (κ1) is 20.8. The zero-order valence-electron chi connectivity index (χ0n) is 18.3. The van der Waals surface area contributed by atoms with Crippen molar-refractivity contribution >= 4 is 16.9 Å². The van der Waals surface area contributed by atoms with Crippen molar-refractivity contribution in [2.75, 3.05) is 7.11 Å². The van der Waals surface area contributed by atoms with E-state index in [4.69, 9.17) is 14.5 Å². The molecule has 0 spiro atoms. The van der Waals surface area contributed by atoms with Crippen LogP contribution in [-0.4, -0.2) is 27.7 Å². The lowest BCUT2D eigenvalue weighted by atomic mass is 9.86. The SMILES string of the molecule is CC[C@@]1(O)C(=O)OCc2c1cc1n(c2=O)Cc2c-1nc1cc(F)c(C)cc1c2[C@@H](C)OC. The van der Waals surface area contributed by atoms with Crippen LogP contribution in [0.25, 0.3) is 22.3 Å². The molecule has 0 unspecified atom stereocenters. The van der Waals surface area contributed by atoms with E-state index in [9.17, 15) is 19.1 Å². The first-order valence-electron chi connectivity index (χ1n) is 10.5. The van der Waals surface area contributed by atoms with Crippen molar-refractivity contribution in [3.05, 3.63) is 62.2 Å². The summed E-state index contributed by atoms with van der Waals surface area (Å²) in [7, 11) is 1.59. The number of fused-ring (bicyclic) bond motifs is 5. The minimum Gasteiger partial charge on any atom is -0.458 e. The maximum absolute atomic E-state index is 14.4. The summed E-state index contributed by atoms with van der Waals surface area (Å²) in [5.41, 5.74) is 1.89. The lowest BCUT2D eigenvalue weighted by Gasteiger charge is -2.31. The van der Waals surface area contributed by atoms with Crippen LogP contribution in [0.1, 0.15) is 54.2 Å². The Hall–Kier alpha value is -3.10. The Bertz CT molecular complexity index is 1380. The molecule has 4 heterocycles. The minimum atomic E-state index is -1.90. The molecule has 5 rings (SSSR count). The number of cyclic esters (lactones) is 1. The molecule has 1 aromatic carbocycles. The molecule has 0 saturated heterocycles. The quantitative estimate of drug-likeness (QED) is 0.494. The number of benzene rings is 1. The van der Waals surface area contributed by atoms with Crippen LogP contribution < -0.4 is 5.56 Å². The molecule has 32 heavy (non-hydrogen) atoms. The van der Waals surface area contributed by atoms with E-state index in [-0.39, 0.29) is 48.2 Å². The van der Waals surface area contributed by atoms with E-state index >= 15 is 0 Å². The predicted octanol–water partition coefficient (Wildman–Crippen LogP) is 3.23. The van der Waals surface area contributed by atoms with Crippen LogP contribution in [-0.2, 0) is 33.0 Å². The maximum Gasteiger partial charge on any atom is 0.343 e. The fourth-order valence-electron chi connectivity index (χ4n) is 4.82. The van der Waals surface area contributed by atoms with Gasteiger partial charge in [0.15, 0.2) is 5.60 Å². The number of esters is 1. The van der Waals surface area contributed by atoms with Gasteiger partial charge in [-0.2, -0.15) is 0 Å². The fraction of sp³-hybridized carbons (Fsp3) is 0.375. The number of pyridine rings is 2. The van der Waals surface area contributed by atoms with Gasteiger partial charge in [0, 0.05) is 29.7 Å². The third-order valence-corrected chi connectivity index (χ3v) is 6.77. The molecule has 2 aliphatic rings. The minimum absolute atomic E-state index is 0.0657. The molecule has 2 aliphatic heterocycles. The van der Waals surface area contributed by atoms with Crippen molar-refractivity contribution in [1.82, 2.24) is 9.55 Å². The van der Waals surface area contributed by atoms with Gasteiger partial charge in [0.2, 0.25) is 0 Å². The molecule has 7 nitrogen and oxygen atoms in total. The highest BCUT2D eigenvalue weighted by Crippen LogP contribution is 2.42. The second-order valence-electron chi connectivity index (χ2n) is 8.45. The standard InChI is InChI=1S/C24H23FN2O5/c1-5-24(30)16-7-19-21-14(9-27(19)22(28)15(16)10-32-23(24)29)20(12(3)31-4)13-6-11(2)17(25)8-18(13)26-21/h6-8,12,30H,5,9-10H2,1-4H3/t12-,24+/m1/s1. The summed E-state index contributed by atoms with van der Waals surface area (Å²) < 4.78 is 26.7. The Morgan fingerprint density at radius 2 is 2.06 bits per heavy atom. The van der Waals surface area contributed by atoms with Gasteiger partial charge in [0.25, 0.3) is 5.56 Å². The third kappa shape index (κ3) is 2.63. The number of aromatic nitrogens is 2. The molecule has 0 radical (unpaired) electrons. The summed E-state index contributed by atoms with van der Waals surface area (Å²) in [6.07, 6.45) is -0.257. The van der Waals surface area contributed by atoms with Crippen LogP contribution in [0.3, 0.4) is 0 Å². The van der Waals surface area contributed by atoms with E-state index in [0.717, 1.165) is 16.5 Å². The molecule has 0 amide bonds. The second kappa shape index (κ2) is 6.95. The number of rotatable bonds is 3. The maximum atomic E-state index is 14.4. The van der Waals surface area contributed by atoms with Crippen LogP contribution >= 0.6 is 0 Å². The van der Waals surface area contributed by atoms with Crippen LogP contribution in [0.15, 0.2) is 23.0 Å². The number of aryl methyl sites for hydroxylation is 1. The molecule has 8 heteroatoms. The van der Waals surface area contributed by atoms with Gasteiger partial charge >= 0.3 is 5.97 Å². The summed E-state index contributed by atoms with van der Waals surface area (Å²) in [5, 5.41) is 11.8. The van der Waals surface area contributed by atoms with Crippen LogP contribution in [0.5, 0.6) is 0 Å². The average Bonchev–Trinajstić information content (AvgIpc) is 3.14. The monoisotopic (exact) mass is 438 g/mol. The Labute approximate surface area is 183 Å². The number of aliphatic hydroxyl groups is 1. The molecule has 0 saturated carbocycles. The highest BCUT2D eigenvalue weighted by atomic mass is 19.1. The Kier molecular flexibility index (Phi) is 4.51. The molecular formula is C24H23FN2O5. The zero-order valence-corrected chi connectivity index (χ0v) is 18.3. The van der Waals surface area contributed by atoms with E-state index in [1.54, 1.807) is 37.7 Å². The first-order valence-corrected chi connectivity index (χ1v) is 10.5. The van der Waals surface area contributed by atoms with Gasteiger partial charge in [0.1, 0.15) is 12.4 Å².